The smallest absolute Gasteiger partial charge is 0.338 e. The lowest BCUT2D eigenvalue weighted by molar-refractivity contribution is 0.0337. The topological polar surface area (TPSA) is 69.7 Å². The Hall–Kier alpha value is -2.45. The monoisotopic (exact) mass is 454 g/mol. The molecule has 7 heteroatoms. The first-order chi connectivity index (χ1) is 15.0. The van der Waals surface area contributed by atoms with Gasteiger partial charge < -0.3 is 13.8 Å². The molecule has 0 aliphatic carbocycles. The number of hydrogen-bond acceptors (Lipinski definition) is 5. The molecule has 1 heterocycles. The molecule has 1 fully saturated rings. The van der Waals surface area contributed by atoms with Gasteiger partial charge in [-0.1, -0.05) is 78.9 Å². The predicted octanol–water partition coefficient (Wildman–Crippen LogP) is 4.88. The molecule has 1 aliphatic heterocycles. The van der Waals surface area contributed by atoms with Crippen LogP contribution in [0.25, 0.3) is 0 Å². The van der Waals surface area contributed by atoms with Crippen LogP contribution in [-0.2, 0) is 18.4 Å². The number of esters is 1. The molecule has 3 atom stereocenters. The Balaban J connectivity index is 1.83. The van der Waals surface area contributed by atoms with E-state index >= 15 is 0 Å². The van der Waals surface area contributed by atoms with E-state index in [4.69, 9.17) is 9.26 Å². The first kappa shape index (κ1) is 21.8. The first-order valence-electron chi connectivity index (χ1n) is 10.1. The number of hydrogen-bond donors (Lipinski definition) is 0. The molecule has 160 valence electrons. The zero-order valence-electron chi connectivity index (χ0n) is 17.2. The average molecular weight is 454 g/mol. The van der Waals surface area contributed by atoms with E-state index in [1.165, 1.54) is 7.11 Å². The minimum absolute atomic E-state index is 0.213. The summed E-state index contributed by atoms with van der Waals surface area (Å²) in [5.74, 6) is -0.521. The molecule has 0 radical (unpaired) electrons. The average Bonchev–Trinajstić information content (AvgIpc) is 3.17. The van der Waals surface area contributed by atoms with Crippen LogP contribution in [0.15, 0.2) is 91.0 Å². The van der Waals surface area contributed by atoms with Crippen LogP contribution in [0, 0.1) is 0 Å². The maximum absolute atomic E-state index is 14.9. The Kier molecular flexibility index (Phi) is 6.29. The van der Waals surface area contributed by atoms with Crippen molar-refractivity contribution in [1.82, 2.24) is 0 Å². The van der Waals surface area contributed by atoms with E-state index in [0.717, 1.165) is 0 Å². The van der Waals surface area contributed by atoms with Crippen LogP contribution in [-0.4, -0.2) is 30.7 Å². The van der Waals surface area contributed by atoms with Gasteiger partial charge in [0.15, 0.2) is 7.14 Å². The highest BCUT2D eigenvalue weighted by Crippen LogP contribution is 2.72. The Labute approximate surface area is 182 Å². The molecular weight excluding hydrogens is 430 g/mol. The van der Waals surface area contributed by atoms with Gasteiger partial charge >= 0.3 is 5.97 Å². The molecule has 1 saturated heterocycles. The van der Waals surface area contributed by atoms with Gasteiger partial charge in [0.05, 0.1) is 5.56 Å². The lowest BCUT2D eigenvalue weighted by Crippen LogP contribution is -2.34. The first-order valence-corrected chi connectivity index (χ1v) is 13.8. The van der Waals surface area contributed by atoms with Gasteiger partial charge in [0, 0.05) is 23.9 Å². The molecule has 0 aromatic heterocycles. The second-order valence-corrected chi connectivity index (χ2v) is 13.6. The Morgan fingerprint density at radius 3 is 1.84 bits per heavy atom. The van der Waals surface area contributed by atoms with E-state index < -0.39 is 32.0 Å². The molecule has 0 bridgehead atoms. The molecule has 0 N–H and O–H groups in total. The van der Waals surface area contributed by atoms with Crippen molar-refractivity contribution in [3.05, 3.63) is 96.6 Å². The van der Waals surface area contributed by atoms with Gasteiger partial charge in [0.1, 0.15) is 11.5 Å². The van der Waals surface area contributed by atoms with Crippen molar-refractivity contribution in [2.45, 2.75) is 17.9 Å². The highest BCUT2D eigenvalue weighted by atomic mass is 31.2. The highest BCUT2D eigenvalue weighted by molar-refractivity contribution is 7.89. The van der Waals surface area contributed by atoms with E-state index in [-0.39, 0.29) is 6.16 Å². The lowest BCUT2D eigenvalue weighted by atomic mass is 10.2. The normalized spacial score (nSPS) is 23.4. The van der Waals surface area contributed by atoms with Gasteiger partial charge in [-0.05, 0) is 18.6 Å². The lowest BCUT2D eigenvalue weighted by Gasteiger charge is -2.32. The van der Waals surface area contributed by atoms with Crippen LogP contribution in [0.2, 0.25) is 0 Å². The summed E-state index contributed by atoms with van der Waals surface area (Å²) in [5.41, 5.74) is 0.398. The standard InChI is InChI=1S/C24H24O5P2/c1-28-30(26)18-17-22(29-23(25)19-11-5-2-6-12-19)24(30)31(27,20-13-7-3-8-14-20)21-15-9-4-10-16-21/h2-16,22,24H,17-18H2,1H3. The maximum Gasteiger partial charge on any atom is 0.338 e. The largest absolute Gasteiger partial charge is 0.457 e. The molecule has 3 aromatic carbocycles. The number of carbonyl (C=O) groups is 1. The van der Waals surface area contributed by atoms with Crippen molar-refractivity contribution in [2.75, 3.05) is 13.3 Å². The summed E-state index contributed by atoms with van der Waals surface area (Å²) in [6, 6.07) is 26.7. The molecule has 3 unspecified atom stereocenters. The predicted molar refractivity (Wildman–Crippen MR) is 123 cm³/mol. The van der Waals surface area contributed by atoms with Crippen LogP contribution in [0.3, 0.4) is 0 Å². The van der Waals surface area contributed by atoms with E-state index in [0.29, 0.717) is 22.6 Å². The molecule has 3 aromatic rings. The Morgan fingerprint density at radius 1 is 0.871 bits per heavy atom. The number of ether oxygens (including phenoxy) is 1. The molecule has 4 rings (SSSR count). The van der Waals surface area contributed by atoms with Gasteiger partial charge in [-0.2, -0.15) is 0 Å². The zero-order chi connectivity index (χ0) is 21.9. The molecule has 1 aliphatic rings. The van der Waals surface area contributed by atoms with Crippen molar-refractivity contribution in [2.24, 2.45) is 0 Å². The van der Waals surface area contributed by atoms with E-state index in [1.807, 2.05) is 42.5 Å². The van der Waals surface area contributed by atoms with Crippen molar-refractivity contribution >= 4 is 31.1 Å². The van der Waals surface area contributed by atoms with Crippen LogP contribution in [0.4, 0.5) is 0 Å². The maximum atomic E-state index is 14.9. The van der Waals surface area contributed by atoms with Crippen molar-refractivity contribution in [1.29, 1.82) is 0 Å². The van der Waals surface area contributed by atoms with E-state index in [2.05, 4.69) is 0 Å². The summed E-state index contributed by atoms with van der Waals surface area (Å²) in [6.07, 6.45) is -0.243. The van der Waals surface area contributed by atoms with Crippen LogP contribution >= 0.6 is 14.5 Å². The summed E-state index contributed by atoms with van der Waals surface area (Å²) in [4.78, 5) is 12.8. The number of carbonyl (C=O) groups excluding carboxylic acids is 1. The third-order valence-corrected chi connectivity index (χ3v) is 13.6. The second-order valence-electron chi connectivity index (χ2n) is 7.47. The fraction of sp³-hybridized carbons (Fsp3) is 0.208. The summed E-state index contributed by atoms with van der Waals surface area (Å²) in [5, 5.41) is 0.208. The Morgan fingerprint density at radius 2 is 1.35 bits per heavy atom. The van der Waals surface area contributed by atoms with Gasteiger partial charge in [-0.3, -0.25) is 4.57 Å². The van der Waals surface area contributed by atoms with Crippen LogP contribution < -0.4 is 10.6 Å². The summed E-state index contributed by atoms with van der Waals surface area (Å²) >= 11 is 0. The fourth-order valence-electron chi connectivity index (χ4n) is 4.18. The number of benzene rings is 3. The Bertz CT molecular complexity index is 1090. The SMILES string of the molecule is COP1(=O)CCC(OC(=O)c2ccccc2)C1P(=O)(c1ccccc1)c1ccccc1. The molecule has 0 spiro atoms. The minimum Gasteiger partial charge on any atom is -0.457 e. The van der Waals surface area contributed by atoms with Gasteiger partial charge in [-0.15, -0.1) is 0 Å². The van der Waals surface area contributed by atoms with Crippen molar-refractivity contribution < 1.29 is 23.2 Å². The third-order valence-electron chi connectivity index (χ3n) is 5.69. The van der Waals surface area contributed by atoms with Crippen LogP contribution in [0.5, 0.6) is 0 Å². The number of rotatable bonds is 6. The van der Waals surface area contributed by atoms with Gasteiger partial charge in [-0.25, -0.2) is 4.79 Å². The molecular formula is C24H24O5P2. The summed E-state index contributed by atoms with van der Waals surface area (Å²) < 4.78 is 40.1. The van der Waals surface area contributed by atoms with Gasteiger partial charge in [0.25, 0.3) is 0 Å². The quantitative estimate of drug-likeness (QED) is 0.392. The van der Waals surface area contributed by atoms with Crippen molar-refractivity contribution in [3.8, 4) is 0 Å². The molecule has 5 nitrogen and oxygen atoms in total. The van der Waals surface area contributed by atoms with E-state index in [9.17, 15) is 13.9 Å². The zero-order valence-corrected chi connectivity index (χ0v) is 19.0. The summed E-state index contributed by atoms with van der Waals surface area (Å²) in [6.45, 7) is 0. The van der Waals surface area contributed by atoms with Gasteiger partial charge in [0.2, 0.25) is 7.37 Å². The summed E-state index contributed by atoms with van der Waals surface area (Å²) in [7, 11) is -5.45. The molecule has 0 amide bonds. The van der Waals surface area contributed by atoms with Crippen molar-refractivity contribution in [3.63, 3.8) is 0 Å². The highest BCUT2D eigenvalue weighted by Gasteiger charge is 2.58. The van der Waals surface area contributed by atoms with E-state index in [1.54, 1.807) is 48.5 Å². The second kappa shape index (κ2) is 8.96. The fourth-order valence-corrected chi connectivity index (χ4v) is 12.4. The minimum atomic E-state index is -3.48. The molecule has 31 heavy (non-hydrogen) atoms. The third kappa shape index (κ3) is 4.06. The molecule has 0 saturated carbocycles. The van der Waals surface area contributed by atoms with Crippen LogP contribution in [0.1, 0.15) is 16.8 Å².